The highest BCUT2D eigenvalue weighted by Gasteiger charge is 1.83. The molecule has 0 aliphatic carbocycles. The molecule has 0 aromatic carbocycles. The van der Waals surface area contributed by atoms with Gasteiger partial charge in [0.2, 0.25) is 0 Å². The first-order valence-corrected chi connectivity index (χ1v) is 4.55. The third kappa shape index (κ3) is 8.27. The Morgan fingerprint density at radius 2 is 2.22 bits per heavy atom. The van der Waals surface area contributed by atoms with Crippen molar-refractivity contribution in [3.63, 3.8) is 0 Å². The number of hydrogen-bond donors (Lipinski definition) is 2. The predicted octanol–water partition coefficient (Wildman–Crippen LogP) is 0.288. The molecule has 0 heterocycles. The lowest BCUT2D eigenvalue weighted by Crippen LogP contribution is -2.24. The molecule has 0 saturated heterocycles. The predicted molar refractivity (Wildman–Crippen MR) is 44.9 cm³/mol. The van der Waals surface area contributed by atoms with Gasteiger partial charge in [-0.1, -0.05) is 6.92 Å². The van der Waals surface area contributed by atoms with Crippen LogP contribution >= 0.6 is 11.8 Å². The third-order valence-corrected chi connectivity index (χ3v) is 1.85. The number of hydrogen-bond acceptors (Lipinski definition) is 3. The van der Waals surface area contributed by atoms with E-state index in [0.29, 0.717) is 0 Å². The molecule has 2 nitrogen and oxygen atoms in total. The van der Waals surface area contributed by atoms with Crippen LogP contribution in [0.25, 0.3) is 0 Å². The SMILES string of the molecule is CCSCCNCCN. The van der Waals surface area contributed by atoms with Crippen LogP contribution < -0.4 is 11.1 Å². The number of nitrogens with one attached hydrogen (secondary N) is 1. The van der Waals surface area contributed by atoms with Crippen molar-refractivity contribution in [2.75, 3.05) is 31.1 Å². The summed E-state index contributed by atoms with van der Waals surface area (Å²) < 4.78 is 0. The highest BCUT2D eigenvalue weighted by molar-refractivity contribution is 7.99. The molecule has 0 aliphatic rings. The second kappa shape index (κ2) is 8.27. The minimum absolute atomic E-state index is 0.747. The zero-order valence-corrected chi connectivity index (χ0v) is 6.84. The van der Waals surface area contributed by atoms with Crippen molar-refractivity contribution in [1.29, 1.82) is 0 Å². The fourth-order valence-corrected chi connectivity index (χ4v) is 1.09. The molecule has 0 aromatic rings. The van der Waals surface area contributed by atoms with Crippen molar-refractivity contribution in [3.05, 3.63) is 0 Å². The molecule has 9 heavy (non-hydrogen) atoms. The summed E-state index contributed by atoms with van der Waals surface area (Å²) in [6.45, 7) is 4.96. The summed E-state index contributed by atoms with van der Waals surface area (Å²) >= 11 is 1.96. The molecule has 0 bridgehead atoms. The van der Waals surface area contributed by atoms with Crippen LogP contribution in [0.15, 0.2) is 0 Å². The highest BCUT2D eigenvalue weighted by atomic mass is 32.2. The van der Waals surface area contributed by atoms with Crippen molar-refractivity contribution < 1.29 is 0 Å². The molecular formula is C6H16N2S. The van der Waals surface area contributed by atoms with E-state index in [1.54, 1.807) is 0 Å². The Bertz CT molecular complexity index is 44.3. The Labute approximate surface area is 61.6 Å². The van der Waals surface area contributed by atoms with E-state index in [-0.39, 0.29) is 0 Å². The Kier molecular flexibility index (Phi) is 8.52. The zero-order chi connectivity index (χ0) is 6.95. The first-order valence-electron chi connectivity index (χ1n) is 3.40. The van der Waals surface area contributed by atoms with E-state index in [1.807, 2.05) is 11.8 Å². The first kappa shape index (κ1) is 9.27. The minimum atomic E-state index is 0.747. The second-order valence-electron chi connectivity index (χ2n) is 1.74. The van der Waals surface area contributed by atoms with Gasteiger partial charge in [0.15, 0.2) is 0 Å². The quantitative estimate of drug-likeness (QED) is 0.532. The van der Waals surface area contributed by atoms with Crippen LogP contribution in [0.1, 0.15) is 6.92 Å². The molecule has 0 radical (unpaired) electrons. The molecule has 3 heteroatoms. The third-order valence-electron chi connectivity index (χ3n) is 0.948. The second-order valence-corrected chi connectivity index (χ2v) is 3.13. The maximum Gasteiger partial charge on any atom is 0.00748 e. The van der Waals surface area contributed by atoms with E-state index < -0.39 is 0 Å². The molecule has 0 aromatic heterocycles. The number of nitrogens with two attached hydrogens (primary N) is 1. The summed E-state index contributed by atoms with van der Waals surface area (Å²) in [5.74, 6) is 2.42. The van der Waals surface area contributed by atoms with Crippen molar-refractivity contribution in [1.82, 2.24) is 5.32 Å². The topological polar surface area (TPSA) is 38.0 Å². The van der Waals surface area contributed by atoms with Gasteiger partial charge in [-0.2, -0.15) is 11.8 Å². The van der Waals surface area contributed by atoms with Crippen LogP contribution in [0, 0.1) is 0 Å². The smallest absolute Gasteiger partial charge is 0.00748 e. The summed E-state index contributed by atoms with van der Waals surface area (Å²) in [6, 6.07) is 0. The van der Waals surface area contributed by atoms with E-state index in [9.17, 15) is 0 Å². The van der Waals surface area contributed by atoms with Gasteiger partial charge in [-0.25, -0.2) is 0 Å². The lowest BCUT2D eigenvalue weighted by atomic mass is 10.6. The molecule has 56 valence electrons. The van der Waals surface area contributed by atoms with Crippen molar-refractivity contribution >= 4 is 11.8 Å². The average molecular weight is 148 g/mol. The Balaban J connectivity index is 2.60. The monoisotopic (exact) mass is 148 g/mol. The fourth-order valence-electron chi connectivity index (χ4n) is 0.516. The average Bonchev–Trinajstić information content (AvgIpc) is 1.89. The highest BCUT2D eigenvalue weighted by Crippen LogP contribution is 1.94. The lowest BCUT2D eigenvalue weighted by Gasteiger charge is -1.99. The van der Waals surface area contributed by atoms with E-state index in [0.717, 1.165) is 19.6 Å². The van der Waals surface area contributed by atoms with Crippen LogP contribution in [-0.4, -0.2) is 31.1 Å². The van der Waals surface area contributed by atoms with Gasteiger partial charge < -0.3 is 11.1 Å². The largest absolute Gasteiger partial charge is 0.329 e. The van der Waals surface area contributed by atoms with Crippen molar-refractivity contribution in [3.8, 4) is 0 Å². The summed E-state index contributed by atoms with van der Waals surface area (Å²) in [5, 5.41) is 3.22. The molecule has 0 unspecified atom stereocenters. The minimum Gasteiger partial charge on any atom is -0.329 e. The summed E-state index contributed by atoms with van der Waals surface area (Å²) in [4.78, 5) is 0. The molecule has 0 fully saturated rings. The van der Waals surface area contributed by atoms with Crippen LogP contribution in [0.4, 0.5) is 0 Å². The van der Waals surface area contributed by atoms with E-state index >= 15 is 0 Å². The normalized spacial score (nSPS) is 10.0. The van der Waals surface area contributed by atoms with Gasteiger partial charge in [0.25, 0.3) is 0 Å². The van der Waals surface area contributed by atoms with Gasteiger partial charge >= 0.3 is 0 Å². The molecule has 0 saturated carbocycles. The lowest BCUT2D eigenvalue weighted by molar-refractivity contribution is 0.730. The Morgan fingerprint density at radius 1 is 1.44 bits per heavy atom. The first-order chi connectivity index (χ1) is 4.41. The molecule has 0 rings (SSSR count). The molecule has 0 atom stereocenters. The fraction of sp³-hybridized carbons (Fsp3) is 1.00. The van der Waals surface area contributed by atoms with E-state index in [4.69, 9.17) is 5.73 Å². The molecule has 0 amide bonds. The van der Waals surface area contributed by atoms with Crippen LogP contribution in [0.5, 0.6) is 0 Å². The van der Waals surface area contributed by atoms with Gasteiger partial charge in [0.05, 0.1) is 0 Å². The summed E-state index contributed by atoms with van der Waals surface area (Å²) in [7, 11) is 0. The van der Waals surface area contributed by atoms with Gasteiger partial charge in [0.1, 0.15) is 0 Å². The maximum atomic E-state index is 5.27. The van der Waals surface area contributed by atoms with Gasteiger partial charge in [-0.05, 0) is 5.75 Å². The zero-order valence-electron chi connectivity index (χ0n) is 6.02. The Hall–Kier alpha value is 0.270. The van der Waals surface area contributed by atoms with E-state index in [1.165, 1.54) is 11.5 Å². The summed E-state index contributed by atoms with van der Waals surface area (Å²) in [6.07, 6.45) is 0. The molecule has 3 N–H and O–H groups in total. The standard InChI is InChI=1S/C6H16N2S/c1-2-9-6-5-8-4-3-7/h8H,2-7H2,1H3. The molecular weight excluding hydrogens is 132 g/mol. The van der Waals surface area contributed by atoms with Gasteiger partial charge in [-0.3, -0.25) is 0 Å². The van der Waals surface area contributed by atoms with Gasteiger partial charge in [0, 0.05) is 25.4 Å². The van der Waals surface area contributed by atoms with Crippen LogP contribution in [0.2, 0.25) is 0 Å². The Morgan fingerprint density at radius 3 is 2.78 bits per heavy atom. The molecule has 0 spiro atoms. The van der Waals surface area contributed by atoms with E-state index in [2.05, 4.69) is 12.2 Å². The van der Waals surface area contributed by atoms with Crippen LogP contribution in [0.3, 0.4) is 0 Å². The number of thioether (sulfide) groups is 1. The van der Waals surface area contributed by atoms with Crippen molar-refractivity contribution in [2.45, 2.75) is 6.92 Å². The molecule has 0 aliphatic heterocycles. The maximum absolute atomic E-state index is 5.27. The summed E-state index contributed by atoms with van der Waals surface area (Å²) in [5.41, 5.74) is 5.27. The van der Waals surface area contributed by atoms with Crippen molar-refractivity contribution in [2.24, 2.45) is 5.73 Å². The van der Waals surface area contributed by atoms with Crippen LogP contribution in [-0.2, 0) is 0 Å². The van der Waals surface area contributed by atoms with Gasteiger partial charge in [-0.15, -0.1) is 0 Å². The number of rotatable bonds is 6.